The van der Waals surface area contributed by atoms with Crippen molar-refractivity contribution in [3.63, 3.8) is 0 Å². The van der Waals surface area contributed by atoms with Crippen LogP contribution in [0.4, 0.5) is 23.7 Å². The molecule has 2 amide bonds. The predicted molar refractivity (Wildman–Crippen MR) is 92.7 cm³/mol. The highest BCUT2D eigenvalue weighted by molar-refractivity contribution is 5.90. The molecule has 1 saturated heterocycles. The van der Waals surface area contributed by atoms with E-state index in [1.165, 1.54) is 0 Å². The second kappa shape index (κ2) is 8.49. The number of carboxylic acids is 1. The van der Waals surface area contributed by atoms with Gasteiger partial charge in [-0.25, -0.2) is 4.79 Å². The van der Waals surface area contributed by atoms with E-state index >= 15 is 0 Å². The molecule has 2 atom stereocenters. The first-order chi connectivity index (χ1) is 12.6. The summed E-state index contributed by atoms with van der Waals surface area (Å²) in [4.78, 5) is 24.2. The Bertz CT molecular complexity index is 662. The number of carbonyl (C=O) groups excluding carboxylic acids is 1. The van der Waals surface area contributed by atoms with E-state index in [9.17, 15) is 22.8 Å². The molecule has 0 aromatic heterocycles. The zero-order valence-corrected chi connectivity index (χ0v) is 15.1. The number of hydrogen-bond donors (Lipinski definition) is 2. The maximum absolute atomic E-state index is 13.0. The van der Waals surface area contributed by atoms with Crippen LogP contribution < -0.4 is 10.1 Å². The first-order valence-corrected chi connectivity index (χ1v) is 8.66. The van der Waals surface area contributed by atoms with E-state index in [1.807, 2.05) is 0 Å². The summed E-state index contributed by atoms with van der Waals surface area (Å²) >= 11 is 0. The van der Waals surface area contributed by atoms with Gasteiger partial charge in [0.1, 0.15) is 5.75 Å². The fourth-order valence-electron chi connectivity index (χ4n) is 2.80. The third kappa shape index (κ3) is 5.77. The summed E-state index contributed by atoms with van der Waals surface area (Å²) in [5, 5.41) is 11.5. The average molecular weight is 388 g/mol. The minimum atomic E-state index is -4.67. The Hall–Kier alpha value is -2.45. The molecule has 0 bridgehead atoms. The van der Waals surface area contributed by atoms with Gasteiger partial charge in [-0.3, -0.25) is 4.79 Å². The highest BCUT2D eigenvalue weighted by Crippen LogP contribution is 2.37. The van der Waals surface area contributed by atoms with Crippen LogP contribution in [0.1, 0.15) is 20.3 Å². The standard InChI is InChI=1S/C18H23F3N2O4/c1-11(2)7-8-27-13-5-3-12(4-6-13)22-17(26)23-9-14(16(24)25)15(10-23)18(19,20)21/h3-6,11,14-15H,7-10H2,1-2H3,(H,22,26)(H,24,25)/t14-,15-/m1/s1. The van der Waals surface area contributed by atoms with Crippen molar-refractivity contribution in [3.8, 4) is 5.75 Å². The largest absolute Gasteiger partial charge is 0.494 e. The van der Waals surface area contributed by atoms with Gasteiger partial charge in [0.05, 0.1) is 18.4 Å². The second-order valence-corrected chi connectivity index (χ2v) is 6.98. The van der Waals surface area contributed by atoms with Crippen molar-refractivity contribution in [2.45, 2.75) is 26.4 Å². The molecule has 0 radical (unpaired) electrons. The third-order valence-electron chi connectivity index (χ3n) is 4.41. The van der Waals surface area contributed by atoms with Crippen LogP contribution in [0.5, 0.6) is 5.75 Å². The molecule has 0 spiro atoms. The number of rotatable bonds is 6. The highest BCUT2D eigenvalue weighted by Gasteiger charge is 2.53. The van der Waals surface area contributed by atoms with Gasteiger partial charge in [-0.05, 0) is 36.6 Å². The van der Waals surface area contributed by atoms with Crippen LogP contribution in [0.15, 0.2) is 24.3 Å². The van der Waals surface area contributed by atoms with Crippen molar-refractivity contribution in [2.24, 2.45) is 17.8 Å². The maximum Gasteiger partial charge on any atom is 0.394 e. The molecule has 1 aromatic rings. The van der Waals surface area contributed by atoms with Crippen LogP contribution >= 0.6 is 0 Å². The van der Waals surface area contributed by atoms with Crippen molar-refractivity contribution >= 4 is 17.7 Å². The van der Waals surface area contributed by atoms with E-state index < -0.39 is 43.1 Å². The second-order valence-electron chi connectivity index (χ2n) is 6.98. The summed E-state index contributed by atoms with van der Waals surface area (Å²) in [5.74, 6) is -4.16. The smallest absolute Gasteiger partial charge is 0.394 e. The normalized spacial score (nSPS) is 20.0. The van der Waals surface area contributed by atoms with Crippen LogP contribution in [0.2, 0.25) is 0 Å². The molecule has 6 nitrogen and oxygen atoms in total. The molecule has 2 rings (SSSR count). The zero-order chi connectivity index (χ0) is 20.2. The summed E-state index contributed by atoms with van der Waals surface area (Å²) < 4.78 is 44.5. The monoisotopic (exact) mass is 388 g/mol. The topological polar surface area (TPSA) is 78.9 Å². The van der Waals surface area contributed by atoms with Crippen molar-refractivity contribution in [2.75, 3.05) is 25.0 Å². The Kier molecular flexibility index (Phi) is 6.56. The van der Waals surface area contributed by atoms with Crippen LogP contribution in [0.3, 0.4) is 0 Å². The number of carbonyl (C=O) groups is 2. The van der Waals surface area contributed by atoms with Crippen molar-refractivity contribution < 1.29 is 32.6 Å². The molecule has 27 heavy (non-hydrogen) atoms. The number of nitrogens with zero attached hydrogens (tertiary/aromatic N) is 1. The van der Waals surface area contributed by atoms with E-state index in [0.29, 0.717) is 24.0 Å². The van der Waals surface area contributed by atoms with E-state index in [1.54, 1.807) is 24.3 Å². The lowest BCUT2D eigenvalue weighted by molar-refractivity contribution is -0.187. The number of benzene rings is 1. The summed E-state index contributed by atoms with van der Waals surface area (Å²) in [6.45, 7) is 3.56. The fraction of sp³-hybridized carbons (Fsp3) is 0.556. The number of anilines is 1. The summed E-state index contributed by atoms with van der Waals surface area (Å²) in [7, 11) is 0. The predicted octanol–water partition coefficient (Wildman–Crippen LogP) is 3.84. The van der Waals surface area contributed by atoms with Gasteiger partial charge in [0.15, 0.2) is 0 Å². The Labute approximate surface area is 155 Å². The van der Waals surface area contributed by atoms with E-state index in [2.05, 4.69) is 19.2 Å². The number of aliphatic carboxylic acids is 1. The Morgan fingerprint density at radius 1 is 1.26 bits per heavy atom. The molecule has 2 N–H and O–H groups in total. The molecule has 1 aromatic carbocycles. The van der Waals surface area contributed by atoms with Gasteiger partial charge >= 0.3 is 18.2 Å². The van der Waals surface area contributed by atoms with E-state index in [0.717, 1.165) is 11.3 Å². The molecule has 1 fully saturated rings. The maximum atomic E-state index is 13.0. The van der Waals surface area contributed by atoms with Gasteiger partial charge in [-0.15, -0.1) is 0 Å². The van der Waals surface area contributed by atoms with Gasteiger partial charge in [-0.1, -0.05) is 13.8 Å². The number of halogens is 3. The Balaban J connectivity index is 1.94. The lowest BCUT2D eigenvalue weighted by atomic mass is 9.96. The van der Waals surface area contributed by atoms with Gasteiger partial charge in [0, 0.05) is 18.8 Å². The molecule has 1 aliphatic rings. The number of ether oxygens (including phenoxy) is 1. The van der Waals surface area contributed by atoms with E-state index in [-0.39, 0.29) is 0 Å². The van der Waals surface area contributed by atoms with Crippen molar-refractivity contribution in [1.29, 1.82) is 0 Å². The van der Waals surface area contributed by atoms with E-state index in [4.69, 9.17) is 9.84 Å². The zero-order valence-electron chi connectivity index (χ0n) is 15.1. The van der Waals surface area contributed by atoms with Crippen LogP contribution in [-0.4, -0.2) is 47.9 Å². The average Bonchev–Trinajstić information content (AvgIpc) is 3.02. The molecule has 1 aliphatic heterocycles. The van der Waals surface area contributed by atoms with Gasteiger partial charge in [0.2, 0.25) is 0 Å². The first kappa shape index (κ1) is 20.9. The summed E-state index contributed by atoms with van der Waals surface area (Å²) in [6, 6.07) is 5.70. The minimum Gasteiger partial charge on any atom is -0.494 e. The quantitative estimate of drug-likeness (QED) is 0.776. The van der Waals surface area contributed by atoms with Crippen LogP contribution in [0, 0.1) is 17.8 Å². The lowest BCUT2D eigenvalue weighted by Crippen LogP contribution is -2.35. The number of carboxylic acid groups (broad SMARTS) is 1. The van der Waals surface area contributed by atoms with Crippen molar-refractivity contribution in [3.05, 3.63) is 24.3 Å². The first-order valence-electron chi connectivity index (χ1n) is 8.66. The van der Waals surface area contributed by atoms with Gasteiger partial charge < -0.3 is 20.1 Å². The fourth-order valence-corrected chi connectivity index (χ4v) is 2.80. The molecular weight excluding hydrogens is 365 g/mol. The SMILES string of the molecule is CC(C)CCOc1ccc(NC(=O)N2C[C@@H](C(F)(F)F)[C@H](C(=O)O)C2)cc1. The minimum absolute atomic E-state index is 0.388. The Morgan fingerprint density at radius 3 is 2.37 bits per heavy atom. The molecule has 0 aliphatic carbocycles. The number of nitrogens with one attached hydrogen (secondary N) is 1. The van der Waals surface area contributed by atoms with Crippen LogP contribution in [-0.2, 0) is 4.79 Å². The number of hydrogen-bond acceptors (Lipinski definition) is 3. The number of amides is 2. The molecule has 0 unspecified atom stereocenters. The summed E-state index contributed by atoms with van der Waals surface area (Å²) in [6.07, 6.45) is -3.77. The lowest BCUT2D eigenvalue weighted by Gasteiger charge is -2.19. The number of urea groups is 1. The van der Waals surface area contributed by atoms with Crippen LogP contribution in [0.25, 0.3) is 0 Å². The molecule has 150 valence electrons. The molecule has 0 saturated carbocycles. The Morgan fingerprint density at radius 2 is 1.89 bits per heavy atom. The number of alkyl halides is 3. The third-order valence-corrected chi connectivity index (χ3v) is 4.41. The molecular formula is C18H23F3N2O4. The van der Waals surface area contributed by atoms with Crippen molar-refractivity contribution in [1.82, 2.24) is 4.90 Å². The summed E-state index contributed by atoms with van der Waals surface area (Å²) in [5.41, 5.74) is 0.388. The number of likely N-dealkylation sites (tertiary alicyclic amines) is 1. The van der Waals surface area contributed by atoms with Gasteiger partial charge in [-0.2, -0.15) is 13.2 Å². The highest BCUT2D eigenvalue weighted by atomic mass is 19.4. The van der Waals surface area contributed by atoms with Gasteiger partial charge in [0.25, 0.3) is 0 Å². The molecule has 1 heterocycles. The molecule has 9 heteroatoms.